The molecule has 1 nitrogen and oxygen atoms in total. The summed E-state index contributed by atoms with van der Waals surface area (Å²) >= 11 is 15.4. The molecule has 0 saturated carbocycles. The van der Waals surface area contributed by atoms with E-state index in [4.69, 9.17) is 23.2 Å². The number of hydrogen-bond donors (Lipinski definition) is 1. The minimum atomic E-state index is -0.278. The van der Waals surface area contributed by atoms with Crippen LogP contribution >= 0.6 is 39.1 Å². The van der Waals surface area contributed by atoms with Gasteiger partial charge in [0, 0.05) is 6.04 Å². The molecule has 2 aromatic carbocycles. The van der Waals surface area contributed by atoms with Crippen LogP contribution in [0.2, 0.25) is 10.0 Å². The van der Waals surface area contributed by atoms with Gasteiger partial charge in [0.1, 0.15) is 5.82 Å². The highest BCUT2D eigenvalue weighted by Crippen LogP contribution is 2.30. The fourth-order valence-corrected chi connectivity index (χ4v) is 2.69. The third-order valence-electron chi connectivity index (χ3n) is 3.15. The van der Waals surface area contributed by atoms with Gasteiger partial charge >= 0.3 is 0 Å². The molecule has 0 bridgehead atoms. The van der Waals surface area contributed by atoms with Gasteiger partial charge in [-0.05, 0) is 58.7 Å². The van der Waals surface area contributed by atoms with Crippen molar-refractivity contribution >= 4 is 39.1 Å². The lowest BCUT2D eigenvalue weighted by atomic mass is 9.99. The van der Waals surface area contributed by atoms with E-state index in [2.05, 4.69) is 21.2 Å². The lowest BCUT2D eigenvalue weighted by Gasteiger charge is -2.18. The Labute approximate surface area is 136 Å². The number of benzene rings is 2. The molecule has 1 atom stereocenters. The summed E-state index contributed by atoms with van der Waals surface area (Å²) in [6.07, 6.45) is 0.636. The van der Waals surface area contributed by atoms with E-state index >= 15 is 0 Å². The molecule has 1 N–H and O–H groups in total. The zero-order valence-electron chi connectivity index (χ0n) is 10.8. The summed E-state index contributed by atoms with van der Waals surface area (Å²) in [7, 11) is 1.84. The maximum absolute atomic E-state index is 13.6. The summed E-state index contributed by atoms with van der Waals surface area (Å²) in [5.74, 6) is -0.278. The number of halogens is 4. The number of rotatable bonds is 4. The number of nitrogens with one attached hydrogen (secondary N) is 1. The van der Waals surface area contributed by atoms with E-state index in [1.807, 2.05) is 25.2 Å². The number of hydrogen-bond acceptors (Lipinski definition) is 1. The summed E-state index contributed by atoms with van der Waals surface area (Å²) in [4.78, 5) is 0. The molecule has 0 aliphatic heterocycles. The molecule has 0 spiro atoms. The van der Waals surface area contributed by atoms with Crippen LogP contribution in [-0.2, 0) is 6.42 Å². The second kappa shape index (κ2) is 6.90. The molecule has 1 unspecified atom stereocenters. The van der Waals surface area contributed by atoms with Crippen LogP contribution in [0.25, 0.3) is 0 Å². The molecule has 2 aromatic rings. The first-order valence-corrected chi connectivity index (χ1v) is 7.63. The van der Waals surface area contributed by atoms with Gasteiger partial charge in [-0.25, -0.2) is 4.39 Å². The average molecular weight is 377 g/mol. The van der Waals surface area contributed by atoms with Gasteiger partial charge in [-0.3, -0.25) is 0 Å². The van der Waals surface area contributed by atoms with Crippen molar-refractivity contribution in [3.8, 4) is 0 Å². The molecule has 0 aliphatic carbocycles. The van der Waals surface area contributed by atoms with Crippen molar-refractivity contribution in [2.24, 2.45) is 0 Å². The van der Waals surface area contributed by atoms with Crippen LogP contribution in [0.15, 0.2) is 40.9 Å². The first-order chi connectivity index (χ1) is 9.52. The minimum absolute atomic E-state index is 0.0337. The Kier molecular flexibility index (Phi) is 5.44. The molecular weight excluding hydrogens is 364 g/mol. The van der Waals surface area contributed by atoms with Gasteiger partial charge in [0.15, 0.2) is 0 Å². The highest BCUT2D eigenvalue weighted by molar-refractivity contribution is 9.10. The van der Waals surface area contributed by atoms with Crippen LogP contribution in [0.5, 0.6) is 0 Å². The highest BCUT2D eigenvalue weighted by Gasteiger charge is 2.14. The summed E-state index contributed by atoms with van der Waals surface area (Å²) in [6.45, 7) is 0. The van der Waals surface area contributed by atoms with E-state index in [0.29, 0.717) is 20.9 Å². The van der Waals surface area contributed by atoms with Crippen molar-refractivity contribution in [1.29, 1.82) is 0 Å². The molecule has 0 amide bonds. The lowest BCUT2D eigenvalue weighted by molar-refractivity contribution is 0.575. The Balaban J connectivity index is 2.28. The predicted molar refractivity (Wildman–Crippen MR) is 86.1 cm³/mol. The van der Waals surface area contributed by atoms with Crippen LogP contribution in [-0.4, -0.2) is 7.05 Å². The quantitative estimate of drug-likeness (QED) is 0.753. The predicted octanol–water partition coefficient (Wildman–Crippen LogP) is 5.40. The van der Waals surface area contributed by atoms with Gasteiger partial charge in [0.2, 0.25) is 0 Å². The summed E-state index contributed by atoms with van der Waals surface area (Å²) in [5.41, 5.74) is 1.80. The third kappa shape index (κ3) is 3.53. The van der Waals surface area contributed by atoms with Crippen LogP contribution < -0.4 is 5.32 Å². The van der Waals surface area contributed by atoms with Gasteiger partial charge in [-0.15, -0.1) is 0 Å². The fourth-order valence-electron chi connectivity index (χ4n) is 2.04. The van der Waals surface area contributed by atoms with E-state index in [0.717, 1.165) is 11.1 Å². The molecule has 20 heavy (non-hydrogen) atoms. The largest absolute Gasteiger partial charge is 0.313 e. The Morgan fingerprint density at radius 2 is 2.00 bits per heavy atom. The van der Waals surface area contributed by atoms with Gasteiger partial charge in [-0.1, -0.05) is 41.4 Å². The Hall–Kier alpha value is -0.610. The van der Waals surface area contributed by atoms with Crippen LogP contribution in [0.3, 0.4) is 0 Å². The highest BCUT2D eigenvalue weighted by atomic mass is 79.9. The van der Waals surface area contributed by atoms with E-state index < -0.39 is 0 Å². The van der Waals surface area contributed by atoms with Crippen LogP contribution in [0, 0.1) is 5.82 Å². The molecule has 0 saturated heterocycles. The van der Waals surface area contributed by atoms with Crippen LogP contribution in [0.4, 0.5) is 4.39 Å². The standard InChI is InChI=1S/C15H13BrCl2FN/c1-20-14(9-5-6-11(16)13(19)7-9)8-10-3-2-4-12(17)15(10)18/h2-7,14,20H,8H2,1H3. The topological polar surface area (TPSA) is 12.0 Å². The molecule has 0 radical (unpaired) electrons. The second-order valence-corrected chi connectivity index (χ2v) is 6.07. The first kappa shape index (κ1) is 15.8. The minimum Gasteiger partial charge on any atom is -0.313 e. The molecule has 0 fully saturated rings. The van der Waals surface area contributed by atoms with E-state index in [1.54, 1.807) is 12.1 Å². The summed E-state index contributed by atoms with van der Waals surface area (Å²) in [5, 5.41) is 4.25. The molecular formula is C15H13BrCl2FN. The van der Waals surface area contributed by atoms with Gasteiger partial charge in [0.05, 0.1) is 14.5 Å². The normalized spacial score (nSPS) is 12.4. The Morgan fingerprint density at radius 1 is 1.25 bits per heavy atom. The lowest BCUT2D eigenvalue weighted by Crippen LogP contribution is -2.19. The maximum atomic E-state index is 13.6. The molecule has 106 valence electrons. The Bertz CT molecular complexity index is 619. The van der Waals surface area contributed by atoms with Crippen molar-refractivity contribution in [2.45, 2.75) is 12.5 Å². The summed E-state index contributed by atoms with van der Waals surface area (Å²) in [6, 6.07) is 10.6. The fraction of sp³-hybridized carbons (Fsp3) is 0.200. The van der Waals surface area contributed by atoms with Gasteiger partial charge < -0.3 is 5.32 Å². The van der Waals surface area contributed by atoms with Crippen molar-refractivity contribution in [3.63, 3.8) is 0 Å². The van der Waals surface area contributed by atoms with E-state index in [9.17, 15) is 4.39 Å². The molecule has 0 heterocycles. The smallest absolute Gasteiger partial charge is 0.137 e. The van der Waals surface area contributed by atoms with E-state index in [1.165, 1.54) is 6.07 Å². The zero-order chi connectivity index (χ0) is 14.7. The molecule has 0 aliphatic rings. The zero-order valence-corrected chi connectivity index (χ0v) is 13.9. The monoisotopic (exact) mass is 375 g/mol. The van der Waals surface area contributed by atoms with Gasteiger partial charge in [0.25, 0.3) is 0 Å². The first-order valence-electron chi connectivity index (χ1n) is 6.08. The van der Waals surface area contributed by atoms with Crippen molar-refractivity contribution in [3.05, 3.63) is 67.9 Å². The SMILES string of the molecule is CNC(Cc1cccc(Cl)c1Cl)c1ccc(Br)c(F)c1. The molecule has 5 heteroatoms. The Morgan fingerprint density at radius 3 is 2.65 bits per heavy atom. The van der Waals surface area contributed by atoms with Gasteiger partial charge in [-0.2, -0.15) is 0 Å². The average Bonchev–Trinajstić information content (AvgIpc) is 2.44. The van der Waals surface area contributed by atoms with Crippen molar-refractivity contribution in [1.82, 2.24) is 5.32 Å². The third-order valence-corrected chi connectivity index (χ3v) is 4.65. The van der Waals surface area contributed by atoms with Crippen LogP contribution in [0.1, 0.15) is 17.2 Å². The molecule has 0 aromatic heterocycles. The second-order valence-electron chi connectivity index (χ2n) is 4.43. The summed E-state index contributed by atoms with van der Waals surface area (Å²) < 4.78 is 14.1. The van der Waals surface area contributed by atoms with E-state index in [-0.39, 0.29) is 11.9 Å². The van der Waals surface area contributed by atoms with Crippen molar-refractivity contribution < 1.29 is 4.39 Å². The van der Waals surface area contributed by atoms with Crippen molar-refractivity contribution in [2.75, 3.05) is 7.05 Å². The number of likely N-dealkylation sites (N-methyl/N-ethyl adjacent to an activating group) is 1. The molecule has 2 rings (SSSR count). The maximum Gasteiger partial charge on any atom is 0.137 e.